The maximum absolute atomic E-state index is 11.8. The van der Waals surface area contributed by atoms with Gasteiger partial charge in [-0.15, -0.1) is 5.10 Å². The van der Waals surface area contributed by atoms with Crippen LogP contribution in [0.3, 0.4) is 0 Å². The van der Waals surface area contributed by atoms with Gasteiger partial charge in [0.15, 0.2) is 11.6 Å². The first kappa shape index (κ1) is 21.7. The number of rotatable bonds is 5. The third kappa shape index (κ3) is 4.09. The van der Waals surface area contributed by atoms with Gasteiger partial charge in [-0.3, -0.25) is 4.90 Å². The molecule has 11 heteroatoms. The molecule has 2 aliphatic rings. The maximum atomic E-state index is 11.8. The van der Waals surface area contributed by atoms with Crippen molar-refractivity contribution in [1.82, 2.24) is 33.8 Å². The number of anilines is 1. The molecular formula is C23H28N8O2S. The largest absolute Gasteiger partial charge is 0.378 e. The second-order valence-corrected chi connectivity index (χ2v) is 10.1. The molecule has 0 bridgehead atoms. The molecule has 2 saturated heterocycles. The van der Waals surface area contributed by atoms with Crippen LogP contribution in [0.4, 0.5) is 5.82 Å². The maximum Gasteiger partial charge on any atom is 0.182 e. The van der Waals surface area contributed by atoms with Crippen LogP contribution in [-0.4, -0.2) is 96.7 Å². The molecule has 0 aliphatic carbocycles. The highest BCUT2D eigenvalue weighted by molar-refractivity contribution is 7.81. The molecule has 1 unspecified atom stereocenters. The topological polar surface area (TPSA) is 94.9 Å². The summed E-state index contributed by atoms with van der Waals surface area (Å²) in [6, 6.07) is 6.20. The number of fused-ring (bicyclic) bond motifs is 2. The van der Waals surface area contributed by atoms with Crippen molar-refractivity contribution in [1.29, 1.82) is 0 Å². The second kappa shape index (κ2) is 9.06. The van der Waals surface area contributed by atoms with Crippen molar-refractivity contribution < 1.29 is 8.95 Å². The van der Waals surface area contributed by atoms with Gasteiger partial charge in [0.1, 0.15) is 11.2 Å². The van der Waals surface area contributed by atoms with Crippen LogP contribution in [0.15, 0.2) is 36.8 Å². The number of ether oxygens (including phenoxy) is 1. The lowest BCUT2D eigenvalue weighted by atomic mass is 10.2. The van der Waals surface area contributed by atoms with Crippen molar-refractivity contribution in [2.24, 2.45) is 0 Å². The Kier molecular flexibility index (Phi) is 5.77. The second-order valence-electron chi connectivity index (χ2n) is 8.76. The Morgan fingerprint density at radius 2 is 1.94 bits per heavy atom. The minimum absolute atomic E-state index is 0.683. The monoisotopic (exact) mass is 480 g/mol. The van der Waals surface area contributed by atoms with Crippen LogP contribution in [-0.2, 0) is 22.3 Å². The smallest absolute Gasteiger partial charge is 0.182 e. The number of aromatic amines is 1. The third-order valence-corrected chi connectivity index (χ3v) is 7.71. The van der Waals surface area contributed by atoms with E-state index in [0.717, 1.165) is 73.7 Å². The van der Waals surface area contributed by atoms with E-state index in [4.69, 9.17) is 14.8 Å². The number of H-pyrrole nitrogens is 1. The zero-order valence-electron chi connectivity index (χ0n) is 19.2. The Morgan fingerprint density at radius 3 is 2.74 bits per heavy atom. The molecule has 0 saturated carbocycles. The summed E-state index contributed by atoms with van der Waals surface area (Å²) in [5, 5.41) is 5.93. The van der Waals surface area contributed by atoms with E-state index in [9.17, 15) is 4.21 Å². The number of hydrogen-bond acceptors (Lipinski definition) is 7. The van der Waals surface area contributed by atoms with Crippen LogP contribution in [0.1, 0.15) is 5.56 Å². The lowest BCUT2D eigenvalue weighted by Gasteiger charge is -2.32. The zero-order valence-corrected chi connectivity index (χ0v) is 20.0. The van der Waals surface area contributed by atoms with Gasteiger partial charge in [0.2, 0.25) is 0 Å². The summed E-state index contributed by atoms with van der Waals surface area (Å²) in [6.45, 7) is 7.30. The predicted molar refractivity (Wildman–Crippen MR) is 132 cm³/mol. The van der Waals surface area contributed by atoms with Gasteiger partial charge in [0.25, 0.3) is 0 Å². The van der Waals surface area contributed by atoms with Gasteiger partial charge < -0.3 is 14.6 Å². The average molecular weight is 481 g/mol. The van der Waals surface area contributed by atoms with E-state index in [-0.39, 0.29) is 0 Å². The number of pyridine rings is 1. The van der Waals surface area contributed by atoms with Crippen molar-refractivity contribution in [2.45, 2.75) is 6.54 Å². The van der Waals surface area contributed by atoms with Gasteiger partial charge in [-0.05, 0) is 23.8 Å². The van der Waals surface area contributed by atoms with E-state index < -0.39 is 11.0 Å². The first-order valence-corrected chi connectivity index (χ1v) is 13.1. The quantitative estimate of drug-likeness (QED) is 0.463. The number of aromatic nitrogens is 5. The van der Waals surface area contributed by atoms with E-state index in [2.05, 4.69) is 32.0 Å². The number of morpholine rings is 1. The van der Waals surface area contributed by atoms with Gasteiger partial charge in [0, 0.05) is 81.6 Å². The first-order valence-electron chi connectivity index (χ1n) is 11.6. The van der Waals surface area contributed by atoms with Gasteiger partial charge in [-0.2, -0.15) is 0 Å². The Bertz CT molecular complexity index is 1340. The number of nitrogens with one attached hydrogen (secondary N) is 1. The molecule has 6 heterocycles. The summed E-state index contributed by atoms with van der Waals surface area (Å²) in [7, 11) is -0.898. The fourth-order valence-electron chi connectivity index (χ4n) is 4.80. The average Bonchev–Trinajstić information content (AvgIpc) is 3.50. The van der Waals surface area contributed by atoms with E-state index in [1.54, 1.807) is 12.5 Å². The lowest BCUT2D eigenvalue weighted by Crippen LogP contribution is -2.46. The van der Waals surface area contributed by atoms with E-state index >= 15 is 0 Å². The van der Waals surface area contributed by atoms with Crippen LogP contribution in [0.5, 0.6) is 0 Å². The summed E-state index contributed by atoms with van der Waals surface area (Å²) < 4.78 is 21.3. The molecule has 0 aromatic carbocycles. The van der Waals surface area contributed by atoms with Crippen LogP contribution >= 0.6 is 0 Å². The molecule has 1 N–H and O–H groups in total. The number of piperazine rings is 1. The fraction of sp³-hybridized carbons (Fsp3) is 0.435. The van der Waals surface area contributed by atoms with Crippen LogP contribution < -0.4 is 4.90 Å². The molecular weight excluding hydrogens is 452 g/mol. The van der Waals surface area contributed by atoms with Crippen LogP contribution in [0.25, 0.3) is 27.9 Å². The van der Waals surface area contributed by atoms with Crippen LogP contribution in [0.2, 0.25) is 0 Å². The molecule has 4 aromatic heterocycles. The normalized spacial score (nSPS) is 19.3. The minimum Gasteiger partial charge on any atom is -0.378 e. The summed E-state index contributed by atoms with van der Waals surface area (Å²) in [4.78, 5) is 17.3. The Morgan fingerprint density at radius 1 is 1.12 bits per heavy atom. The Labute approximate surface area is 200 Å². The Balaban J connectivity index is 1.37. The SMILES string of the molecule is CS(=O)N1CCN(Cc2cc3c(N4CCOCC4)nc(-c4ccnc5[nH]ccc45)nn3c2)CC1. The predicted octanol–water partition coefficient (Wildman–Crippen LogP) is 1.52. The van der Waals surface area contributed by atoms with E-state index in [0.29, 0.717) is 19.0 Å². The van der Waals surface area contributed by atoms with Gasteiger partial charge >= 0.3 is 0 Å². The van der Waals surface area contributed by atoms with Gasteiger partial charge in [-0.25, -0.2) is 23.0 Å². The summed E-state index contributed by atoms with van der Waals surface area (Å²) >= 11 is 0. The first-order chi connectivity index (χ1) is 16.7. The third-order valence-electron chi connectivity index (χ3n) is 6.61. The van der Waals surface area contributed by atoms with Gasteiger partial charge in [0.05, 0.1) is 24.2 Å². The minimum atomic E-state index is -0.898. The van der Waals surface area contributed by atoms with Crippen molar-refractivity contribution >= 4 is 33.4 Å². The molecule has 1 atom stereocenters. The summed E-state index contributed by atoms with van der Waals surface area (Å²) in [5.74, 6) is 1.62. The highest BCUT2D eigenvalue weighted by Gasteiger charge is 2.22. The van der Waals surface area contributed by atoms with Crippen molar-refractivity contribution in [3.8, 4) is 11.4 Å². The van der Waals surface area contributed by atoms with Crippen LogP contribution in [0, 0.1) is 0 Å². The lowest BCUT2D eigenvalue weighted by molar-refractivity contribution is 0.122. The molecule has 0 spiro atoms. The molecule has 0 radical (unpaired) electrons. The Hall–Kier alpha value is -2.86. The number of nitrogens with zero attached hydrogens (tertiary/aromatic N) is 7. The zero-order chi connectivity index (χ0) is 23.1. The number of hydrogen-bond donors (Lipinski definition) is 1. The molecule has 178 valence electrons. The van der Waals surface area contributed by atoms with Crippen molar-refractivity contribution in [3.63, 3.8) is 0 Å². The molecule has 34 heavy (non-hydrogen) atoms. The van der Waals surface area contributed by atoms with E-state index in [1.165, 1.54) is 5.56 Å². The summed E-state index contributed by atoms with van der Waals surface area (Å²) in [5.41, 5.74) is 4.00. The van der Waals surface area contributed by atoms with Crippen molar-refractivity contribution in [3.05, 3.63) is 42.4 Å². The van der Waals surface area contributed by atoms with E-state index in [1.807, 2.05) is 27.2 Å². The molecule has 0 amide bonds. The highest BCUT2D eigenvalue weighted by Crippen LogP contribution is 2.29. The highest BCUT2D eigenvalue weighted by atomic mass is 32.2. The van der Waals surface area contributed by atoms with Crippen molar-refractivity contribution in [2.75, 3.05) is 63.6 Å². The fourth-order valence-corrected chi connectivity index (χ4v) is 5.48. The standard InChI is InChI=1S/C23H28N8O2S/c1-34(32)30-8-6-28(7-9-30)15-17-14-20-23(29-10-12-33-13-11-29)26-22(27-31(20)16-17)19-3-5-25-21-18(19)2-4-24-21/h2-5,14,16H,6-13,15H2,1H3,(H,24,25). The molecule has 6 rings (SSSR count). The molecule has 10 nitrogen and oxygen atoms in total. The summed E-state index contributed by atoms with van der Waals surface area (Å²) in [6.07, 6.45) is 7.55. The van der Waals surface area contributed by atoms with Gasteiger partial charge in [-0.1, -0.05) is 0 Å². The molecule has 4 aromatic rings. The molecule has 2 aliphatic heterocycles. The molecule has 2 fully saturated rings.